The predicted molar refractivity (Wildman–Crippen MR) is 98.1 cm³/mol. The van der Waals surface area contributed by atoms with Crippen LogP contribution in [0.3, 0.4) is 0 Å². The number of aromatic nitrogens is 1. The fraction of sp³-hybridized carbons (Fsp3) is 0.100. The molecule has 0 aliphatic carbocycles. The quantitative estimate of drug-likeness (QED) is 0.707. The molecule has 1 amide bonds. The van der Waals surface area contributed by atoms with E-state index in [-0.39, 0.29) is 11.7 Å². The highest BCUT2D eigenvalue weighted by atomic mass is 19.1. The van der Waals surface area contributed by atoms with Crippen LogP contribution in [0, 0.1) is 5.82 Å². The summed E-state index contributed by atoms with van der Waals surface area (Å²) in [5.41, 5.74) is 2.66. The van der Waals surface area contributed by atoms with Crippen LogP contribution in [0.15, 0.2) is 67.0 Å². The van der Waals surface area contributed by atoms with E-state index in [1.165, 1.54) is 18.3 Å². The van der Waals surface area contributed by atoms with Crippen molar-refractivity contribution in [1.82, 2.24) is 10.3 Å². The molecule has 0 unspecified atom stereocenters. The second-order valence-corrected chi connectivity index (χ2v) is 5.59. The summed E-state index contributed by atoms with van der Waals surface area (Å²) in [6.07, 6.45) is 3.09. The minimum Gasteiger partial charge on any atom is -0.496 e. The van der Waals surface area contributed by atoms with Crippen molar-refractivity contribution in [2.75, 3.05) is 12.4 Å². The monoisotopic (exact) mass is 351 g/mol. The molecule has 1 heterocycles. The number of anilines is 2. The van der Waals surface area contributed by atoms with Gasteiger partial charge in [-0.15, -0.1) is 0 Å². The zero-order chi connectivity index (χ0) is 18.4. The number of ether oxygens (including phenoxy) is 1. The van der Waals surface area contributed by atoms with Gasteiger partial charge in [0.2, 0.25) is 0 Å². The maximum Gasteiger partial charge on any atom is 0.253 e. The van der Waals surface area contributed by atoms with Crippen molar-refractivity contribution in [2.24, 2.45) is 0 Å². The molecule has 0 saturated carbocycles. The van der Waals surface area contributed by atoms with Gasteiger partial charge in [0, 0.05) is 24.0 Å². The van der Waals surface area contributed by atoms with Crippen LogP contribution >= 0.6 is 0 Å². The fourth-order valence-corrected chi connectivity index (χ4v) is 2.46. The van der Waals surface area contributed by atoms with Crippen molar-refractivity contribution in [3.8, 4) is 5.75 Å². The van der Waals surface area contributed by atoms with Crippen molar-refractivity contribution in [3.05, 3.63) is 83.9 Å². The Morgan fingerprint density at radius 1 is 1.08 bits per heavy atom. The Kier molecular flexibility index (Phi) is 5.43. The molecule has 0 spiro atoms. The SMILES string of the molecule is COc1ccccc1CNC(=O)c1cncc(Nc2ccc(F)cc2)c1. The molecule has 6 heteroatoms. The largest absolute Gasteiger partial charge is 0.496 e. The molecule has 0 fully saturated rings. The molecule has 0 bridgehead atoms. The Hall–Kier alpha value is -3.41. The maximum atomic E-state index is 13.0. The number of carbonyl (C=O) groups excluding carboxylic acids is 1. The standard InChI is InChI=1S/C20H18FN3O2/c1-26-19-5-3-2-4-14(19)12-23-20(25)15-10-18(13-22-11-15)24-17-8-6-16(21)7-9-17/h2-11,13,24H,12H2,1H3,(H,23,25). The van der Waals surface area contributed by atoms with Gasteiger partial charge in [0.25, 0.3) is 5.91 Å². The normalized spacial score (nSPS) is 10.2. The van der Waals surface area contributed by atoms with Crippen molar-refractivity contribution in [1.29, 1.82) is 0 Å². The summed E-state index contributed by atoms with van der Waals surface area (Å²) in [6, 6.07) is 15.1. The number of hydrogen-bond acceptors (Lipinski definition) is 4. The molecule has 3 rings (SSSR count). The van der Waals surface area contributed by atoms with E-state index in [1.807, 2.05) is 24.3 Å². The molecule has 26 heavy (non-hydrogen) atoms. The van der Waals surface area contributed by atoms with Crippen LogP contribution in [0.1, 0.15) is 15.9 Å². The van der Waals surface area contributed by atoms with E-state index in [0.717, 1.165) is 11.3 Å². The van der Waals surface area contributed by atoms with Gasteiger partial charge in [0.05, 0.1) is 24.6 Å². The van der Waals surface area contributed by atoms with E-state index >= 15 is 0 Å². The van der Waals surface area contributed by atoms with E-state index in [0.29, 0.717) is 23.5 Å². The molecule has 0 saturated heterocycles. The van der Waals surface area contributed by atoms with Crippen molar-refractivity contribution >= 4 is 17.3 Å². The van der Waals surface area contributed by atoms with Crippen LogP contribution in [-0.2, 0) is 6.54 Å². The molecule has 2 aromatic carbocycles. The van der Waals surface area contributed by atoms with E-state index in [9.17, 15) is 9.18 Å². The summed E-state index contributed by atoms with van der Waals surface area (Å²) >= 11 is 0. The fourth-order valence-electron chi connectivity index (χ4n) is 2.46. The Balaban J connectivity index is 1.67. The Morgan fingerprint density at radius 2 is 1.85 bits per heavy atom. The summed E-state index contributed by atoms with van der Waals surface area (Å²) in [6.45, 7) is 0.346. The minimum absolute atomic E-state index is 0.244. The van der Waals surface area contributed by atoms with Gasteiger partial charge in [-0.2, -0.15) is 0 Å². The van der Waals surface area contributed by atoms with Crippen LogP contribution in [0.5, 0.6) is 5.75 Å². The van der Waals surface area contributed by atoms with Gasteiger partial charge in [-0.25, -0.2) is 4.39 Å². The number of amides is 1. The van der Waals surface area contributed by atoms with Gasteiger partial charge in [0.1, 0.15) is 11.6 Å². The molecular weight excluding hydrogens is 333 g/mol. The Bertz CT molecular complexity index is 898. The first-order valence-electron chi connectivity index (χ1n) is 8.03. The summed E-state index contributed by atoms with van der Waals surface area (Å²) < 4.78 is 18.2. The second kappa shape index (κ2) is 8.11. The molecule has 0 atom stereocenters. The molecule has 5 nitrogen and oxygen atoms in total. The lowest BCUT2D eigenvalue weighted by atomic mass is 10.2. The summed E-state index contributed by atoms with van der Waals surface area (Å²) in [7, 11) is 1.59. The number of halogens is 1. The Labute approximate surface area is 150 Å². The third-order valence-corrected chi connectivity index (χ3v) is 3.77. The minimum atomic E-state index is -0.307. The zero-order valence-electron chi connectivity index (χ0n) is 14.2. The topological polar surface area (TPSA) is 63.2 Å². The number of rotatable bonds is 6. The van der Waals surface area contributed by atoms with Gasteiger partial charge >= 0.3 is 0 Å². The van der Waals surface area contributed by atoms with Crippen LogP contribution < -0.4 is 15.4 Å². The van der Waals surface area contributed by atoms with Crippen molar-refractivity contribution < 1.29 is 13.9 Å². The van der Waals surface area contributed by atoms with E-state index in [1.54, 1.807) is 31.5 Å². The molecule has 3 aromatic rings. The second-order valence-electron chi connectivity index (χ2n) is 5.59. The number of hydrogen-bond donors (Lipinski definition) is 2. The number of nitrogens with one attached hydrogen (secondary N) is 2. The molecular formula is C20H18FN3O2. The lowest BCUT2D eigenvalue weighted by molar-refractivity contribution is 0.0950. The number of pyridine rings is 1. The van der Waals surface area contributed by atoms with Gasteiger partial charge in [0.15, 0.2) is 0 Å². The van der Waals surface area contributed by atoms with E-state index in [4.69, 9.17) is 4.74 Å². The van der Waals surface area contributed by atoms with Crippen molar-refractivity contribution in [3.63, 3.8) is 0 Å². The first-order valence-corrected chi connectivity index (χ1v) is 8.03. The molecule has 1 aromatic heterocycles. The number of nitrogens with zero attached hydrogens (tertiary/aromatic N) is 1. The third-order valence-electron chi connectivity index (χ3n) is 3.77. The van der Waals surface area contributed by atoms with E-state index in [2.05, 4.69) is 15.6 Å². The van der Waals surface area contributed by atoms with Crippen LogP contribution in [-0.4, -0.2) is 18.0 Å². The maximum absolute atomic E-state index is 13.0. The Morgan fingerprint density at radius 3 is 2.62 bits per heavy atom. The first kappa shape index (κ1) is 17.4. The van der Waals surface area contributed by atoms with Gasteiger partial charge in [-0.3, -0.25) is 9.78 Å². The highest BCUT2D eigenvalue weighted by molar-refractivity contribution is 5.94. The lowest BCUT2D eigenvalue weighted by Gasteiger charge is -2.10. The van der Waals surface area contributed by atoms with Gasteiger partial charge < -0.3 is 15.4 Å². The van der Waals surface area contributed by atoms with Crippen LogP contribution in [0.25, 0.3) is 0 Å². The molecule has 132 valence electrons. The van der Waals surface area contributed by atoms with Gasteiger partial charge in [-0.05, 0) is 36.4 Å². The average molecular weight is 351 g/mol. The first-order chi connectivity index (χ1) is 12.7. The third kappa shape index (κ3) is 4.36. The number of methoxy groups -OCH3 is 1. The predicted octanol–water partition coefficient (Wildman–Crippen LogP) is 3.90. The van der Waals surface area contributed by atoms with Gasteiger partial charge in [-0.1, -0.05) is 18.2 Å². The van der Waals surface area contributed by atoms with E-state index < -0.39 is 0 Å². The van der Waals surface area contributed by atoms with Crippen LogP contribution in [0.4, 0.5) is 15.8 Å². The lowest BCUT2D eigenvalue weighted by Crippen LogP contribution is -2.23. The molecule has 0 radical (unpaired) electrons. The molecule has 0 aliphatic heterocycles. The summed E-state index contributed by atoms with van der Waals surface area (Å²) in [4.78, 5) is 16.5. The number of carbonyl (C=O) groups is 1. The highest BCUT2D eigenvalue weighted by Crippen LogP contribution is 2.18. The average Bonchev–Trinajstić information content (AvgIpc) is 2.68. The zero-order valence-corrected chi connectivity index (χ0v) is 14.2. The van der Waals surface area contributed by atoms with Crippen molar-refractivity contribution in [2.45, 2.75) is 6.54 Å². The summed E-state index contributed by atoms with van der Waals surface area (Å²) in [5.74, 6) is 0.168. The molecule has 2 N–H and O–H groups in total. The highest BCUT2D eigenvalue weighted by Gasteiger charge is 2.09. The number of benzene rings is 2. The smallest absolute Gasteiger partial charge is 0.253 e. The molecule has 0 aliphatic rings. The summed E-state index contributed by atoms with van der Waals surface area (Å²) in [5, 5.41) is 5.94. The van der Waals surface area contributed by atoms with Crippen LogP contribution in [0.2, 0.25) is 0 Å². The number of para-hydroxylation sites is 1.